The second kappa shape index (κ2) is 8.89. The average Bonchev–Trinajstić information content (AvgIpc) is 3.34. The van der Waals surface area contributed by atoms with Gasteiger partial charge in [-0.25, -0.2) is 4.98 Å². The zero-order chi connectivity index (χ0) is 22.8. The maximum atomic E-state index is 9.10. The second-order valence-electron chi connectivity index (χ2n) is 8.50. The summed E-state index contributed by atoms with van der Waals surface area (Å²) >= 11 is 0. The summed E-state index contributed by atoms with van der Waals surface area (Å²) in [5.74, 6) is 1.55. The number of aromatic nitrogens is 2. The average molecular weight is 435 g/mol. The van der Waals surface area contributed by atoms with Gasteiger partial charge in [0.25, 0.3) is 0 Å². The molecule has 1 saturated heterocycles. The number of nitrogens with one attached hydrogen (secondary N) is 2. The fourth-order valence-electron chi connectivity index (χ4n) is 4.28. The normalized spacial score (nSPS) is 15.5. The van der Waals surface area contributed by atoms with E-state index in [2.05, 4.69) is 58.9 Å². The number of benzene rings is 3. The van der Waals surface area contributed by atoms with Gasteiger partial charge in [-0.2, -0.15) is 10.2 Å². The molecule has 4 aromatic rings. The highest BCUT2D eigenvalue weighted by Crippen LogP contribution is 2.32. The molecule has 3 aromatic carbocycles. The summed E-state index contributed by atoms with van der Waals surface area (Å²) in [7, 11) is 2.01. The number of hydrogen-bond donors (Lipinski definition) is 2. The highest BCUT2D eigenvalue weighted by Gasteiger charge is 2.24. The molecule has 0 radical (unpaired) electrons. The van der Waals surface area contributed by atoms with E-state index in [-0.39, 0.29) is 0 Å². The van der Waals surface area contributed by atoms with Gasteiger partial charge in [-0.1, -0.05) is 35.9 Å². The molecule has 1 fully saturated rings. The van der Waals surface area contributed by atoms with Crippen LogP contribution in [-0.2, 0) is 0 Å². The van der Waals surface area contributed by atoms with Crippen molar-refractivity contribution in [2.45, 2.75) is 19.4 Å². The quantitative estimate of drug-likeness (QED) is 0.459. The molecule has 1 atom stereocenters. The molecule has 6 nitrogen and oxygen atoms in total. The fraction of sp³-hybridized carbons (Fsp3) is 0.222. The van der Waals surface area contributed by atoms with Crippen LogP contribution in [0.2, 0.25) is 0 Å². The van der Waals surface area contributed by atoms with E-state index >= 15 is 0 Å². The van der Waals surface area contributed by atoms with Crippen molar-refractivity contribution >= 4 is 28.4 Å². The first-order chi connectivity index (χ1) is 16.1. The third-order valence-electron chi connectivity index (χ3n) is 6.23. The molecule has 0 aliphatic carbocycles. The Bertz CT molecular complexity index is 1320. The van der Waals surface area contributed by atoms with Crippen molar-refractivity contribution < 1.29 is 0 Å². The van der Waals surface area contributed by atoms with Crippen molar-refractivity contribution in [1.82, 2.24) is 15.3 Å². The van der Waals surface area contributed by atoms with Gasteiger partial charge in [-0.15, -0.1) is 0 Å². The third kappa shape index (κ3) is 4.36. The first kappa shape index (κ1) is 20.9. The van der Waals surface area contributed by atoms with Crippen molar-refractivity contribution in [3.63, 3.8) is 0 Å². The predicted octanol–water partition coefficient (Wildman–Crippen LogP) is 5.02. The van der Waals surface area contributed by atoms with E-state index in [1.165, 1.54) is 5.56 Å². The van der Waals surface area contributed by atoms with Gasteiger partial charge in [-0.3, -0.25) is 0 Å². The molecule has 2 heterocycles. The topological polar surface area (TPSA) is 76.9 Å². The lowest BCUT2D eigenvalue weighted by Gasteiger charge is -2.21. The number of hydrogen-bond acceptors (Lipinski definition) is 6. The molecule has 0 unspecified atom stereocenters. The van der Waals surface area contributed by atoms with Crippen LogP contribution in [0, 0.1) is 18.3 Å². The van der Waals surface area contributed by atoms with Gasteiger partial charge >= 0.3 is 0 Å². The Hall–Kier alpha value is -3.95. The van der Waals surface area contributed by atoms with Crippen LogP contribution in [0.5, 0.6) is 0 Å². The van der Waals surface area contributed by atoms with Crippen molar-refractivity contribution in [3.05, 3.63) is 77.9 Å². The van der Waals surface area contributed by atoms with Gasteiger partial charge < -0.3 is 15.5 Å². The molecular formula is C27H26N6. The first-order valence-electron chi connectivity index (χ1n) is 11.2. The van der Waals surface area contributed by atoms with Gasteiger partial charge in [0.1, 0.15) is 5.82 Å². The van der Waals surface area contributed by atoms with Crippen molar-refractivity contribution in [2.24, 2.45) is 0 Å². The fourth-order valence-corrected chi connectivity index (χ4v) is 4.28. The van der Waals surface area contributed by atoms with Crippen LogP contribution < -0.4 is 15.5 Å². The number of likely N-dealkylation sites (N-methyl/N-ethyl adjacent to an activating group) is 1. The number of fused-ring (bicyclic) bond motifs is 1. The lowest BCUT2D eigenvalue weighted by Crippen LogP contribution is -2.30. The molecule has 5 rings (SSSR count). The Morgan fingerprint density at radius 2 is 1.73 bits per heavy atom. The van der Waals surface area contributed by atoms with Crippen LogP contribution >= 0.6 is 0 Å². The van der Waals surface area contributed by atoms with Gasteiger partial charge in [0.05, 0.1) is 17.1 Å². The van der Waals surface area contributed by atoms with E-state index in [1.54, 1.807) is 0 Å². The summed E-state index contributed by atoms with van der Waals surface area (Å²) in [5.41, 5.74) is 5.84. The largest absolute Gasteiger partial charge is 0.354 e. The molecule has 0 bridgehead atoms. The van der Waals surface area contributed by atoms with Crippen LogP contribution in [0.4, 0.5) is 17.5 Å². The molecular weight excluding hydrogens is 408 g/mol. The molecule has 33 heavy (non-hydrogen) atoms. The molecule has 1 aliphatic rings. The first-order valence-corrected chi connectivity index (χ1v) is 11.2. The maximum absolute atomic E-state index is 9.10. The summed E-state index contributed by atoms with van der Waals surface area (Å²) in [6, 6.07) is 24.8. The van der Waals surface area contributed by atoms with Crippen molar-refractivity contribution in [1.29, 1.82) is 5.26 Å². The van der Waals surface area contributed by atoms with Crippen LogP contribution in [0.1, 0.15) is 17.5 Å². The van der Waals surface area contributed by atoms with E-state index in [1.807, 2.05) is 43.4 Å². The molecule has 2 N–H and O–H groups in total. The summed E-state index contributed by atoms with van der Waals surface area (Å²) < 4.78 is 0. The molecule has 6 heteroatoms. The molecule has 0 spiro atoms. The number of anilines is 3. The Morgan fingerprint density at radius 3 is 2.42 bits per heavy atom. The van der Waals surface area contributed by atoms with Crippen LogP contribution in [0.15, 0.2) is 66.7 Å². The Labute approximate surface area is 193 Å². The molecule has 0 amide bonds. The van der Waals surface area contributed by atoms with Crippen LogP contribution in [-0.4, -0.2) is 36.1 Å². The predicted molar refractivity (Wildman–Crippen MR) is 134 cm³/mol. The van der Waals surface area contributed by atoms with E-state index < -0.39 is 0 Å². The van der Waals surface area contributed by atoms with Gasteiger partial charge in [-0.05, 0) is 67.9 Å². The second-order valence-corrected chi connectivity index (χ2v) is 8.50. The minimum atomic E-state index is 0.460. The Morgan fingerprint density at radius 1 is 0.970 bits per heavy atom. The minimum Gasteiger partial charge on any atom is -0.354 e. The standard InChI is InChI=1S/C27H26N6/c1-18-3-10-22(11-4-18)30-27-31-25-15-21(20-7-5-19(16-28)6-8-20)9-12-24(25)26(32-27)33-14-13-23(17-33)29-2/h3-12,15,23,29H,13-14,17H2,1-2H3,(H,30,31,32)/t23-/m1/s1. The van der Waals surface area contributed by atoms with E-state index in [9.17, 15) is 0 Å². The van der Waals surface area contributed by atoms with E-state index in [0.717, 1.165) is 53.0 Å². The zero-order valence-electron chi connectivity index (χ0n) is 18.8. The Balaban J connectivity index is 1.58. The SMILES string of the molecule is CN[C@@H]1CCN(c2nc(Nc3ccc(C)cc3)nc3cc(-c4ccc(C#N)cc4)ccc23)C1. The number of aryl methyl sites for hydroxylation is 1. The Kier molecular flexibility index (Phi) is 5.64. The summed E-state index contributed by atoms with van der Waals surface area (Å²) in [6.07, 6.45) is 1.09. The third-order valence-corrected chi connectivity index (χ3v) is 6.23. The van der Waals surface area contributed by atoms with Gasteiger partial charge in [0, 0.05) is 30.2 Å². The van der Waals surface area contributed by atoms with Crippen molar-refractivity contribution in [2.75, 3.05) is 30.4 Å². The summed E-state index contributed by atoms with van der Waals surface area (Å²) in [4.78, 5) is 12.1. The smallest absolute Gasteiger partial charge is 0.229 e. The monoisotopic (exact) mass is 434 g/mol. The number of rotatable bonds is 5. The van der Waals surface area contributed by atoms with Crippen LogP contribution in [0.3, 0.4) is 0 Å². The highest BCUT2D eigenvalue weighted by atomic mass is 15.3. The summed E-state index contributed by atoms with van der Waals surface area (Å²) in [6.45, 7) is 3.95. The number of nitrogens with zero attached hydrogens (tertiary/aromatic N) is 4. The molecule has 164 valence electrons. The molecule has 1 aliphatic heterocycles. The van der Waals surface area contributed by atoms with E-state index in [0.29, 0.717) is 17.6 Å². The van der Waals surface area contributed by atoms with Gasteiger partial charge in [0.2, 0.25) is 5.95 Å². The number of nitriles is 1. The summed E-state index contributed by atoms with van der Waals surface area (Å²) in [5, 5.41) is 16.9. The lowest BCUT2D eigenvalue weighted by molar-refractivity contribution is 0.616. The minimum absolute atomic E-state index is 0.460. The lowest BCUT2D eigenvalue weighted by atomic mass is 10.0. The molecule has 0 saturated carbocycles. The maximum Gasteiger partial charge on any atom is 0.229 e. The van der Waals surface area contributed by atoms with Crippen molar-refractivity contribution in [3.8, 4) is 17.2 Å². The van der Waals surface area contributed by atoms with Gasteiger partial charge in [0.15, 0.2) is 0 Å². The zero-order valence-corrected chi connectivity index (χ0v) is 18.8. The highest BCUT2D eigenvalue weighted by molar-refractivity contribution is 5.93. The van der Waals surface area contributed by atoms with Crippen LogP contribution in [0.25, 0.3) is 22.0 Å². The molecule has 1 aromatic heterocycles. The van der Waals surface area contributed by atoms with E-state index in [4.69, 9.17) is 15.2 Å².